The molecule has 0 bridgehead atoms. The van der Waals surface area contributed by atoms with Crippen LogP contribution in [0.3, 0.4) is 0 Å². The molecule has 2 rings (SSSR count). The zero-order valence-electron chi connectivity index (χ0n) is 14.2. The van der Waals surface area contributed by atoms with Crippen LogP contribution in [0.4, 0.5) is 5.69 Å². The van der Waals surface area contributed by atoms with E-state index in [0.29, 0.717) is 30.3 Å². The number of carbonyl (C=O) groups excluding carboxylic acids is 1. The maximum atomic E-state index is 12.4. The maximum Gasteiger partial charge on any atom is 0.266 e. The second-order valence-corrected chi connectivity index (χ2v) is 5.48. The molecule has 0 aromatic heterocycles. The highest BCUT2D eigenvalue weighted by Crippen LogP contribution is 2.29. The first-order chi connectivity index (χ1) is 11.6. The van der Waals surface area contributed by atoms with Gasteiger partial charge in [0.25, 0.3) is 5.91 Å². The van der Waals surface area contributed by atoms with Gasteiger partial charge in [-0.15, -0.1) is 0 Å². The molecule has 0 radical (unpaired) electrons. The minimum atomic E-state index is -0.259. The standard InChI is InChI=1S/C17H22N4O3/c1-20-6-8-21(9-7-20)17(22)13(11-18)12-19-15-5-4-14(23-2)10-16(15)24-3/h4-5,10,12,19H,6-9H2,1-3H3/b13-12-. The molecule has 0 spiro atoms. The van der Waals surface area contributed by atoms with E-state index in [0.717, 1.165) is 13.1 Å². The highest BCUT2D eigenvalue weighted by atomic mass is 16.5. The predicted octanol–water partition coefficient (Wildman–Crippen LogP) is 1.30. The molecule has 0 atom stereocenters. The second kappa shape index (κ2) is 8.22. The first-order valence-corrected chi connectivity index (χ1v) is 7.65. The Kier molecular flexibility index (Phi) is 6.04. The van der Waals surface area contributed by atoms with E-state index >= 15 is 0 Å². The third-order valence-corrected chi connectivity index (χ3v) is 3.92. The normalized spacial score (nSPS) is 15.6. The molecular weight excluding hydrogens is 308 g/mol. The summed E-state index contributed by atoms with van der Waals surface area (Å²) in [5.41, 5.74) is 0.717. The second-order valence-electron chi connectivity index (χ2n) is 5.48. The minimum absolute atomic E-state index is 0.0671. The van der Waals surface area contributed by atoms with Gasteiger partial charge in [0.15, 0.2) is 0 Å². The van der Waals surface area contributed by atoms with Gasteiger partial charge in [0.05, 0.1) is 19.9 Å². The molecule has 0 unspecified atom stereocenters. The van der Waals surface area contributed by atoms with Gasteiger partial charge in [-0.3, -0.25) is 4.79 Å². The SMILES string of the molecule is COc1ccc(N/C=C(/C#N)C(=O)N2CCN(C)CC2)c(OC)c1. The van der Waals surface area contributed by atoms with Crippen molar-refractivity contribution in [1.29, 1.82) is 5.26 Å². The van der Waals surface area contributed by atoms with Crippen molar-refractivity contribution in [2.24, 2.45) is 0 Å². The third-order valence-electron chi connectivity index (χ3n) is 3.92. The van der Waals surface area contributed by atoms with E-state index in [4.69, 9.17) is 9.47 Å². The molecule has 128 valence electrons. The molecule has 1 aliphatic rings. The smallest absolute Gasteiger partial charge is 0.266 e. The van der Waals surface area contributed by atoms with Gasteiger partial charge in [-0.1, -0.05) is 0 Å². The fourth-order valence-corrected chi connectivity index (χ4v) is 2.39. The Hall–Kier alpha value is -2.72. The lowest BCUT2D eigenvalue weighted by molar-refractivity contribution is -0.128. The van der Waals surface area contributed by atoms with Crippen molar-refractivity contribution in [3.05, 3.63) is 30.0 Å². The van der Waals surface area contributed by atoms with E-state index in [1.807, 2.05) is 13.1 Å². The van der Waals surface area contributed by atoms with Crippen LogP contribution >= 0.6 is 0 Å². The summed E-state index contributed by atoms with van der Waals surface area (Å²) >= 11 is 0. The summed E-state index contributed by atoms with van der Waals surface area (Å²) in [4.78, 5) is 16.3. The number of nitriles is 1. The lowest BCUT2D eigenvalue weighted by atomic mass is 10.2. The van der Waals surface area contributed by atoms with Gasteiger partial charge in [0.2, 0.25) is 0 Å². The molecule has 1 aromatic rings. The van der Waals surface area contributed by atoms with Crippen molar-refractivity contribution >= 4 is 11.6 Å². The van der Waals surface area contributed by atoms with Gasteiger partial charge in [-0.2, -0.15) is 5.26 Å². The quantitative estimate of drug-likeness (QED) is 0.648. The molecule has 1 heterocycles. The highest BCUT2D eigenvalue weighted by Gasteiger charge is 2.22. The highest BCUT2D eigenvalue weighted by molar-refractivity contribution is 5.97. The lowest BCUT2D eigenvalue weighted by Crippen LogP contribution is -2.47. The summed E-state index contributed by atoms with van der Waals surface area (Å²) in [7, 11) is 5.13. The van der Waals surface area contributed by atoms with Crippen molar-refractivity contribution in [1.82, 2.24) is 9.80 Å². The zero-order valence-corrected chi connectivity index (χ0v) is 14.2. The monoisotopic (exact) mass is 330 g/mol. The van der Waals surface area contributed by atoms with Crippen LogP contribution in [0, 0.1) is 11.3 Å². The van der Waals surface area contributed by atoms with Crippen LogP contribution < -0.4 is 14.8 Å². The lowest BCUT2D eigenvalue weighted by Gasteiger charge is -2.32. The zero-order chi connectivity index (χ0) is 17.5. The number of likely N-dealkylation sites (N-methyl/N-ethyl adjacent to an activating group) is 1. The van der Waals surface area contributed by atoms with Crippen molar-refractivity contribution < 1.29 is 14.3 Å². The molecule has 0 saturated carbocycles. The Morgan fingerprint density at radius 1 is 1.25 bits per heavy atom. The number of ether oxygens (including phenoxy) is 2. The van der Waals surface area contributed by atoms with E-state index in [-0.39, 0.29) is 11.5 Å². The molecule has 7 nitrogen and oxygen atoms in total. The van der Waals surface area contributed by atoms with Crippen molar-refractivity contribution in [2.75, 3.05) is 52.8 Å². The van der Waals surface area contributed by atoms with Crippen LogP contribution in [0.2, 0.25) is 0 Å². The molecule has 1 aliphatic heterocycles. The minimum Gasteiger partial charge on any atom is -0.497 e. The van der Waals surface area contributed by atoms with Gasteiger partial charge in [0, 0.05) is 38.4 Å². The van der Waals surface area contributed by atoms with Crippen molar-refractivity contribution in [2.45, 2.75) is 0 Å². The molecule has 7 heteroatoms. The van der Waals surface area contributed by atoms with E-state index in [1.165, 1.54) is 6.20 Å². The van der Waals surface area contributed by atoms with Gasteiger partial charge in [-0.25, -0.2) is 0 Å². The predicted molar refractivity (Wildman–Crippen MR) is 90.9 cm³/mol. The number of piperazine rings is 1. The van der Waals surface area contributed by atoms with E-state index in [2.05, 4.69) is 10.2 Å². The van der Waals surface area contributed by atoms with E-state index < -0.39 is 0 Å². The van der Waals surface area contributed by atoms with Crippen LogP contribution in [0.5, 0.6) is 11.5 Å². The number of rotatable bonds is 5. The summed E-state index contributed by atoms with van der Waals surface area (Å²) in [6, 6.07) is 7.23. The van der Waals surface area contributed by atoms with Gasteiger partial charge < -0.3 is 24.6 Å². The van der Waals surface area contributed by atoms with Crippen LogP contribution in [0.15, 0.2) is 30.0 Å². The molecule has 1 aromatic carbocycles. The number of methoxy groups -OCH3 is 2. The number of hydrogen-bond donors (Lipinski definition) is 1. The number of benzene rings is 1. The van der Waals surface area contributed by atoms with Crippen molar-refractivity contribution in [3.63, 3.8) is 0 Å². The van der Waals surface area contributed by atoms with E-state index in [9.17, 15) is 10.1 Å². The number of nitrogens with zero attached hydrogens (tertiary/aromatic N) is 3. The van der Waals surface area contributed by atoms with Gasteiger partial charge in [-0.05, 0) is 19.2 Å². The molecule has 1 fully saturated rings. The largest absolute Gasteiger partial charge is 0.497 e. The molecule has 24 heavy (non-hydrogen) atoms. The van der Waals surface area contributed by atoms with E-state index in [1.54, 1.807) is 37.3 Å². The summed E-state index contributed by atoms with van der Waals surface area (Å²) in [6.07, 6.45) is 1.42. The fourth-order valence-electron chi connectivity index (χ4n) is 2.39. The number of hydrogen-bond acceptors (Lipinski definition) is 6. The third kappa shape index (κ3) is 4.18. The molecule has 1 saturated heterocycles. The number of anilines is 1. The van der Waals surface area contributed by atoms with Crippen LogP contribution in [-0.4, -0.2) is 63.2 Å². The molecule has 0 aliphatic carbocycles. The van der Waals surface area contributed by atoms with Crippen molar-refractivity contribution in [3.8, 4) is 17.6 Å². The Balaban J connectivity index is 2.11. The Morgan fingerprint density at radius 3 is 2.54 bits per heavy atom. The summed E-state index contributed by atoms with van der Waals surface area (Å²) < 4.78 is 10.4. The molecule has 1 amide bonds. The average Bonchev–Trinajstić information content (AvgIpc) is 2.62. The van der Waals surface area contributed by atoms with Gasteiger partial charge in [0.1, 0.15) is 23.1 Å². The Bertz CT molecular complexity index is 658. The number of amides is 1. The first-order valence-electron chi connectivity index (χ1n) is 7.65. The maximum absolute atomic E-state index is 12.4. The Morgan fingerprint density at radius 2 is 1.96 bits per heavy atom. The van der Waals surface area contributed by atoms with Crippen LogP contribution in [0.1, 0.15) is 0 Å². The topological polar surface area (TPSA) is 77.8 Å². The molecular formula is C17H22N4O3. The summed E-state index contributed by atoms with van der Waals surface area (Å²) in [5, 5.41) is 12.3. The van der Waals surface area contributed by atoms with Crippen LogP contribution in [0.25, 0.3) is 0 Å². The first kappa shape index (κ1) is 17.6. The Labute approximate surface area is 142 Å². The fraction of sp³-hybridized carbons (Fsp3) is 0.412. The van der Waals surface area contributed by atoms with Crippen LogP contribution in [-0.2, 0) is 4.79 Å². The summed E-state index contributed by atoms with van der Waals surface area (Å²) in [6.45, 7) is 2.87. The average molecular weight is 330 g/mol. The van der Waals surface area contributed by atoms with Gasteiger partial charge >= 0.3 is 0 Å². The summed E-state index contributed by atoms with van der Waals surface area (Å²) in [5.74, 6) is 0.968. The number of nitrogens with one attached hydrogen (secondary N) is 1. The molecule has 1 N–H and O–H groups in total. The number of carbonyl (C=O) groups is 1.